The molecule has 6 nitrogen and oxygen atoms in total. The predicted molar refractivity (Wildman–Crippen MR) is 69.6 cm³/mol. The van der Waals surface area contributed by atoms with Crippen LogP contribution in [0, 0.1) is 5.92 Å². The molecule has 1 aromatic rings. The summed E-state index contributed by atoms with van der Waals surface area (Å²) in [4.78, 5) is 0. The second-order valence-corrected chi connectivity index (χ2v) is 7.05. The Kier molecular flexibility index (Phi) is 4.17. The van der Waals surface area contributed by atoms with E-state index in [1.807, 2.05) is 34.6 Å². The van der Waals surface area contributed by atoms with Crippen molar-refractivity contribution in [3.8, 4) is 0 Å². The average Bonchev–Trinajstić information content (AvgIpc) is 2.60. The van der Waals surface area contributed by atoms with E-state index >= 15 is 0 Å². The van der Waals surface area contributed by atoms with Crippen LogP contribution in [0.1, 0.15) is 46.9 Å². The molecule has 0 fully saturated rings. The molecule has 0 aliphatic heterocycles. The van der Waals surface area contributed by atoms with Crippen molar-refractivity contribution in [2.45, 2.75) is 58.2 Å². The van der Waals surface area contributed by atoms with Crippen LogP contribution in [0.4, 0.5) is 0 Å². The minimum Gasteiger partial charge on any atom is -0.300 e. The van der Waals surface area contributed by atoms with Gasteiger partial charge in [-0.05, 0) is 12.3 Å². The van der Waals surface area contributed by atoms with Gasteiger partial charge in [-0.25, -0.2) is 13.6 Å². The lowest BCUT2D eigenvalue weighted by molar-refractivity contribution is 0.402. The van der Waals surface area contributed by atoms with Gasteiger partial charge in [0.1, 0.15) is 5.82 Å². The molecule has 0 amide bonds. The lowest BCUT2D eigenvalue weighted by atomic mass is 9.89. The van der Waals surface area contributed by atoms with Crippen molar-refractivity contribution in [2.75, 3.05) is 0 Å². The summed E-state index contributed by atoms with van der Waals surface area (Å²) in [5.74, 6) is 0.954. The van der Waals surface area contributed by atoms with Gasteiger partial charge in [-0.1, -0.05) is 34.6 Å². The van der Waals surface area contributed by atoms with Crippen LogP contribution in [-0.2, 0) is 22.0 Å². The van der Waals surface area contributed by atoms with Crippen LogP contribution in [-0.4, -0.2) is 23.2 Å². The molecule has 0 atom stereocenters. The van der Waals surface area contributed by atoms with Gasteiger partial charge in [0.2, 0.25) is 0 Å². The van der Waals surface area contributed by atoms with Gasteiger partial charge in [-0.3, -0.25) is 0 Å². The van der Waals surface area contributed by atoms with E-state index < -0.39 is 10.0 Å². The fourth-order valence-electron chi connectivity index (χ4n) is 1.69. The SMILES string of the molecule is CCC(C)(C)c1nnc(S(N)(=O)=O)n1CC(C)C. The Labute approximate surface area is 109 Å². The summed E-state index contributed by atoms with van der Waals surface area (Å²) in [7, 11) is -3.84. The zero-order valence-electron chi connectivity index (χ0n) is 11.6. The molecule has 2 N–H and O–H groups in total. The summed E-state index contributed by atoms with van der Waals surface area (Å²) in [6.45, 7) is 10.6. The van der Waals surface area contributed by atoms with Crippen LogP contribution >= 0.6 is 0 Å². The minimum atomic E-state index is -3.84. The van der Waals surface area contributed by atoms with Crippen molar-refractivity contribution in [2.24, 2.45) is 11.1 Å². The summed E-state index contributed by atoms with van der Waals surface area (Å²) in [6.07, 6.45) is 0.841. The van der Waals surface area contributed by atoms with Crippen LogP contribution in [0.25, 0.3) is 0 Å². The standard InChI is InChI=1S/C11H22N4O2S/c1-6-11(4,5)9-13-14-10(18(12,16)17)15(9)7-8(2)3/h8H,6-7H2,1-5H3,(H2,12,16,17). The van der Waals surface area contributed by atoms with Crippen molar-refractivity contribution in [3.05, 3.63) is 5.82 Å². The summed E-state index contributed by atoms with van der Waals surface area (Å²) in [6, 6.07) is 0. The third kappa shape index (κ3) is 3.08. The molecule has 0 spiro atoms. The molecule has 0 saturated carbocycles. The molecule has 0 aromatic carbocycles. The number of hydrogen-bond donors (Lipinski definition) is 1. The van der Waals surface area contributed by atoms with Crippen molar-refractivity contribution in [1.82, 2.24) is 14.8 Å². The molecule has 0 aliphatic rings. The first kappa shape index (κ1) is 15.1. The van der Waals surface area contributed by atoms with Crippen LogP contribution in [0.3, 0.4) is 0 Å². The lowest BCUT2D eigenvalue weighted by Crippen LogP contribution is -2.26. The number of hydrogen-bond acceptors (Lipinski definition) is 4. The maximum atomic E-state index is 11.5. The number of aromatic nitrogens is 3. The monoisotopic (exact) mass is 274 g/mol. The number of nitrogens with zero attached hydrogens (tertiary/aromatic N) is 3. The van der Waals surface area contributed by atoms with Crippen molar-refractivity contribution < 1.29 is 8.42 Å². The molecule has 1 rings (SSSR count). The Bertz CT molecular complexity index is 517. The largest absolute Gasteiger partial charge is 0.300 e. The van der Waals surface area contributed by atoms with Crippen LogP contribution in [0.15, 0.2) is 5.16 Å². The molecule has 0 saturated heterocycles. The number of nitrogens with two attached hydrogens (primary N) is 1. The quantitative estimate of drug-likeness (QED) is 0.875. The average molecular weight is 274 g/mol. The van der Waals surface area contributed by atoms with E-state index in [1.165, 1.54) is 0 Å². The van der Waals surface area contributed by atoms with Crippen LogP contribution in [0.2, 0.25) is 0 Å². The van der Waals surface area contributed by atoms with Crippen molar-refractivity contribution >= 4 is 10.0 Å². The number of rotatable bonds is 5. The Balaban J connectivity index is 3.42. The topological polar surface area (TPSA) is 90.9 Å². The molecule has 0 bridgehead atoms. The van der Waals surface area contributed by atoms with Gasteiger partial charge >= 0.3 is 0 Å². The van der Waals surface area contributed by atoms with Crippen LogP contribution in [0.5, 0.6) is 0 Å². The molecular weight excluding hydrogens is 252 g/mol. The lowest BCUT2D eigenvalue weighted by Gasteiger charge is -2.23. The third-order valence-electron chi connectivity index (χ3n) is 3.01. The van der Waals surface area contributed by atoms with Gasteiger partial charge in [0.25, 0.3) is 15.2 Å². The second kappa shape index (κ2) is 4.97. The van der Waals surface area contributed by atoms with E-state index in [9.17, 15) is 8.42 Å². The van der Waals surface area contributed by atoms with Gasteiger partial charge in [0.05, 0.1) is 0 Å². The Morgan fingerprint density at radius 1 is 1.33 bits per heavy atom. The minimum absolute atomic E-state index is 0.146. The molecule has 1 heterocycles. The molecular formula is C11H22N4O2S. The van der Waals surface area contributed by atoms with E-state index in [4.69, 9.17) is 5.14 Å². The highest BCUT2D eigenvalue weighted by atomic mass is 32.2. The van der Waals surface area contributed by atoms with Gasteiger partial charge in [0, 0.05) is 12.0 Å². The van der Waals surface area contributed by atoms with E-state index in [0.29, 0.717) is 12.4 Å². The van der Waals surface area contributed by atoms with Gasteiger partial charge in [-0.15, -0.1) is 10.2 Å². The number of primary sulfonamides is 1. The Morgan fingerprint density at radius 2 is 1.89 bits per heavy atom. The highest BCUT2D eigenvalue weighted by Gasteiger charge is 2.30. The maximum Gasteiger partial charge on any atom is 0.273 e. The van der Waals surface area contributed by atoms with Crippen molar-refractivity contribution in [1.29, 1.82) is 0 Å². The van der Waals surface area contributed by atoms with Gasteiger partial charge in [0.15, 0.2) is 0 Å². The fraction of sp³-hybridized carbons (Fsp3) is 0.818. The molecule has 7 heteroatoms. The predicted octanol–water partition coefficient (Wildman–Crippen LogP) is 1.27. The highest BCUT2D eigenvalue weighted by Crippen LogP contribution is 2.27. The zero-order valence-corrected chi connectivity index (χ0v) is 12.5. The molecule has 0 aliphatic carbocycles. The first-order valence-electron chi connectivity index (χ1n) is 6.06. The smallest absolute Gasteiger partial charge is 0.273 e. The second-order valence-electron chi connectivity index (χ2n) is 5.59. The molecule has 1 aromatic heterocycles. The van der Waals surface area contributed by atoms with E-state index in [0.717, 1.165) is 6.42 Å². The fourth-order valence-corrected chi connectivity index (χ4v) is 2.31. The normalized spacial score (nSPS) is 13.3. The van der Waals surface area contributed by atoms with E-state index in [2.05, 4.69) is 10.2 Å². The Hall–Kier alpha value is -0.950. The van der Waals surface area contributed by atoms with Crippen molar-refractivity contribution in [3.63, 3.8) is 0 Å². The molecule has 0 radical (unpaired) electrons. The summed E-state index contributed by atoms with van der Waals surface area (Å²) in [5.41, 5.74) is -0.231. The van der Waals surface area contributed by atoms with Crippen LogP contribution < -0.4 is 5.14 Å². The van der Waals surface area contributed by atoms with Gasteiger partial charge < -0.3 is 4.57 Å². The molecule has 104 valence electrons. The van der Waals surface area contributed by atoms with E-state index in [1.54, 1.807) is 4.57 Å². The van der Waals surface area contributed by atoms with E-state index in [-0.39, 0.29) is 16.5 Å². The Morgan fingerprint density at radius 3 is 2.28 bits per heavy atom. The summed E-state index contributed by atoms with van der Waals surface area (Å²) >= 11 is 0. The third-order valence-corrected chi connectivity index (χ3v) is 3.82. The van der Waals surface area contributed by atoms with Gasteiger partial charge in [-0.2, -0.15) is 0 Å². The maximum absolute atomic E-state index is 11.5. The summed E-state index contributed by atoms with van der Waals surface area (Å²) < 4.78 is 24.7. The first-order valence-corrected chi connectivity index (χ1v) is 7.60. The highest BCUT2D eigenvalue weighted by molar-refractivity contribution is 7.89. The summed E-state index contributed by atoms with van der Waals surface area (Å²) in [5, 5.41) is 12.8. The molecule has 0 unspecified atom stereocenters. The first-order chi connectivity index (χ1) is 8.09. The number of sulfonamides is 1. The zero-order chi connectivity index (χ0) is 14.1. The molecule has 18 heavy (non-hydrogen) atoms.